The van der Waals surface area contributed by atoms with Gasteiger partial charge >= 0.3 is 11.9 Å². The average molecular weight is 921 g/mol. The standard InChI is InChI=1S/C64H44N2O5/c1-3-59(67)70-53-31-27-51(28-32-53)65(57-37-21-47-17-15-43-7-5-9-45-19-35-55(57)63(47)61(43)45)49-23-11-41(12-24-49)39-69-40-42-13-25-50(26-14-42)66(52-29-33-54(34-30-52)71-60(68)4-2)58-38-22-48-18-16-44-8-6-10-46-20-36-56(58)64(48)62(44)46/h3-38H,1-2,39-40H2. The van der Waals surface area contributed by atoms with Crippen LogP contribution in [0.25, 0.3) is 64.6 Å². The predicted octanol–water partition coefficient (Wildman–Crippen LogP) is 16.3. The highest BCUT2D eigenvalue weighted by molar-refractivity contribution is 6.27. The molecule has 7 nitrogen and oxygen atoms in total. The van der Waals surface area contributed by atoms with Crippen molar-refractivity contribution in [3.05, 3.63) is 243 Å². The molecule has 0 radical (unpaired) electrons. The average Bonchev–Trinajstić information content (AvgIpc) is 3.42. The van der Waals surface area contributed by atoms with Crippen LogP contribution in [0.1, 0.15) is 11.1 Å². The van der Waals surface area contributed by atoms with Crippen molar-refractivity contribution in [2.24, 2.45) is 0 Å². The van der Waals surface area contributed by atoms with E-state index in [0.29, 0.717) is 24.7 Å². The monoisotopic (exact) mass is 920 g/mol. The number of nitrogens with zero attached hydrogens (tertiary/aromatic N) is 2. The molecule has 12 rings (SSSR count). The van der Waals surface area contributed by atoms with Crippen molar-refractivity contribution in [2.45, 2.75) is 13.2 Å². The van der Waals surface area contributed by atoms with Crippen LogP contribution in [0.2, 0.25) is 0 Å². The number of hydrogen-bond acceptors (Lipinski definition) is 7. The molecule has 0 spiro atoms. The Labute approximate surface area is 409 Å². The van der Waals surface area contributed by atoms with E-state index in [1.807, 2.05) is 24.3 Å². The molecule has 0 fully saturated rings. The summed E-state index contributed by atoms with van der Waals surface area (Å²) < 4.78 is 17.2. The van der Waals surface area contributed by atoms with Gasteiger partial charge in [-0.05, 0) is 150 Å². The molecule has 0 aliphatic heterocycles. The van der Waals surface area contributed by atoms with Crippen molar-refractivity contribution in [2.75, 3.05) is 9.80 Å². The molecule has 0 saturated carbocycles. The Hall–Kier alpha value is -9.30. The molecule has 0 heterocycles. The quantitative estimate of drug-likeness (QED) is 0.0466. The van der Waals surface area contributed by atoms with E-state index in [9.17, 15) is 9.59 Å². The van der Waals surface area contributed by atoms with E-state index in [1.54, 1.807) is 24.3 Å². The maximum atomic E-state index is 12.0. The lowest BCUT2D eigenvalue weighted by atomic mass is 9.93. The van der Waals surface area contributed by atoms with E-state index < -0.39 is 11.9 Å². The van der Waals surface area contributed by atoms with Crippen LogP contribution < -0.4 is 19.3 Å². The Morgan fingerprint density at radius 2 is 0.676 bits per heavy atom. The summed E-state index contributed by atoms with van der Waals surface area (Å²) in [5, 5.41) is 14.4. The second-order valence-electron chi connectivity index (χ2n) is 17.6. The minimum Gasteiger partial charge on any atom is -0.423 e. The summed E-state index contributed by atoms with van der Waals surface area (Å²) >= 11 is 0. The molecule has 0 aromatic heterocycles. The van der Waals surface area contributed by atoms with Gasteiger partial charge in [0.05, 0.1) is 24.6 Å². The molecule has 0 aliphatic rings. The number of esters is 2. The third kappa shape index (κ3) is 7.90. The summed E-state index contributed by atoms with van der Waals surface area (Å²) in [5.74, 6) is -0.129. The predicted molar refractivity (Wildman–Crippen MR) is 290 cm³/mol. The fourth-order valence-electron chi connectivity index (χ4n) is 10.1. The summed E-state index contributed by atoms with van der Waals surface area (Å²) in [6.07, 6.45) is 2.32. The number of carbonyl (C=O) groups excluding carboxylic acids is 2. The van der Waals surface area contributed by atoms with Gasteiger partial charge in [0, 0.05) is 45.7 Å². The first-order valence-electron chi connectivity index (χ1n) is 23.5. The third-order valence-corrected chi connectivity index (χ3v) is 13.4. The van der Waals surface area contributed by atoms with E-state index in [2.05, 4.69) is 181 Å². The zero-order valence-corrected chi connectivity index (χ0v) is 38.5. The Bertz CT molecular complexity index is 3680. The molecule has 0 bridgehead atoms. The highest BCUT2D eigenvalue weighted by Crippen LogP contribution is 2.46. The van der Waals surface area contributed by atoms with Crippen molar-refractivity contribution >= 4 is 111 Å². The SMILES string of the molecule is C=CC(=O)Oc1ccc(N(c2ccc(COCc3ccc(N(c4ccc(OC(=O)C=C)cc4)c4ccc5ccc6cccc7ccc4c5c67)cc3)cc2)c2ccc3ccc4cccc5ccc2c3c45)cc1. The van der Waals surface area contributed by atoms with Crippen molar-refractivity contribution < 1.29 is 23.8 Å². The Morgan fingerprint density at radius 3 is 1.03 bits per heavy atom. The molecule has 0 unspecified atom stereocenters. The van der Waals surface area contributed by atoms with E-state index >= 15 is 0 Å². The van der Waals surface area contributed by atoms with Crippen LogP contribution in [-0.2, 0) is 27.5 Å². The van der Waals surface area contributed by atoms with Gasteiger partial charge in [-0.1, -0.05) is 134 Å². The molecule has 7 heteroatoms. The number of rotatable bonds is 14. The van der Waals surface area contributed by atoms with Crippen LogP contribution in [0.3, 0.4) is 0 Å². The molecule has 340 valence electrons. The van der Waals surface area contributed by atoms with Crippen molar-refractivity contribution in [3.63, 3.8) is 0 Å². The van der Waals surface area contributed by atoms with Gasteiger partial charge in [-0.3, -0.25) is 0 Å². The van der Waals surface area contributed by atoms with E-state index in [0.717, 1.165) is 68.2 Å². The Morgan fingerprint density at radius 1 is 0.366 bits per heavy atom. The normalized spacial score (nSPS) is 11.5. The summed E-state index contributed by atoms with van der Waals surface area (Å²) in [7, 11) is 0. The lowest BCUT2D eigenvalue weighted by molar-refractivity contribution is -0.129. The van der Waals surface area contributed by atoms with Gasteiger partial charge in [0.1, 0.15) is 11.5 Å². The maximum absolute atomic E-state index is 12.0. The van der Waals surface area contributed by atoms with Gasteiger partial charge in [0.25, 0.3) is 0 Å². The molecule has 0 N–H and O–H groups in total. The lowest BCUT2D eigenvalue weighted by Crippen LogP contribution is -2.11. The number of hydrogen-bond donors (Lipinski definition) is 0. The molecule has 0 atom stereocenters. The second kappa shape index (κ2) is 18.0. The number of carbonyl (C=O) groups is 2. The fourth-order valence-corrected chi connectivity index (χ4v) is 10.1. The van der Waals surface area contributed by atoms with Crippen molar-refractivity contribution in [1.29, 1.82) is 0 Å². The molecule has 12 aromatic carbocycles. The largest absolute Gasteiger partial charge is 0.423 e. The molecular weight excluding hydrogens is 877 g/mol. The van der Waals surface area contributed by atoms with Crippen LogP contribution in [0.15, 0.2) is 232 Å². The highest BCUT2D eigenvalue weighted by atomic mass is 16.5. The first-order chi connectivity index (χ1) is 34.9. The van der Waals surface area contributed by atoms with Crippen molar-refractivity contribution in [1.82, 2.24) is 0 Å². The first-order valence-corrected chi connectivity index (χ1v) is 23.5. The van der Waals surface area contributed by atoms with Crippen LogP contribution in [0.4, 0.5) is 34.1 Å². The van der Waals surface area contributed by atoms with Gasteiger partial charge in [-0.25, -0.2) is 9.59 Å². The number of anilines is 6. The zero-order chi connectivity index (χ0) is 48.0. The number of benzene rings is 12. The molecule has 71 heavy (non-hydrogen) atoms. The van der Waals surface area contributed by atoms with E-state index in [1.165, 1.54) is 53.9 Å². The van der Waals surface area contributed by atoms with Gasteiger partial charge in [0.2, 0.25) is 0 Å². The maximum Gasteiger partial charge on any atom is 0.335 e. The summed E-state index contributed by atoms with van der Waals surface area (Å²) in [5.41, 5.74) is 7.90. The molecule has 0 saturated heterocycles. The molecule has 0 amide bonds. The summed E-state index contributed by atoms with van der Waals surface area (Å²) in [6.45, 7) is 7.91. The lowest BCUT2D eigenvalue weighted by Gasteiger charge is -2.28. The molecule has 0 aliphatic carbocycles. The highest BCUT2D eigenvalue weighted by Gasteiger charge is 2.21. The Balaban J connectivity index is 0.822. The smallest absolute Gasteiger partial charge is 0.335 e. The van der Waals surface area contributed by atoms with E-state index in [-0.39, 0.29) is 0 Å². The van der Waals surface area contributed by atoms with Gasteiger partial charge in [-0.15, -0.1) is 0 Å². The van der Waals surface area contributed by atoms with Crippen LogP contribution in [0.5, 0.6) is 11.5 Å². The van der Waals surface area contributed by atoms with Crippen molar-refractivity contribution in [3.8, 4) is 11.5 Å². The first kappa shape index (κ1) is 43.0. The topological polar surface area (TPSA) is 68.3 Å². The number of ether oxygens (including phenoxy) is 3. The van der Waals surface area contributed by atoms with Gasteiger partial charge < -0.3 is 24.0 Å². The van der Waals surface area contributed by atoms with Gasteiger partial charge in [-0.2, -0.15) is 0 Å². The second-order valence-corrected chi connectivity index (χ2v) is 17.6. The molecule has 12 aromatic rings. The summed E-state index contributed by atoms with van der Waals surface area (Å²) in [6, 6.07) is 71.3. The van der Waals surface area contributed by atoms with Crippen LogP contribution in [0, 0.1) is 0 Å². The minimum absolute atomic E-state index is 0.418. The van der Waals surface area contributed by atoms with Gasteiger partial charge in [0.15, 0.2) is 0 Å². The third-order valence-electron chi connectivity index (χ3n) is 13.4. The van der Waals surface area contributed by atoms with E-state index in [4.69, 9.17) is 14.2 Å². The zero-order valence-electron chi connectivity index (χ0n) is 38.5. The Kier molecular flexibility index (Phi) is 10.9. The fraction of sp³-hybridized carbons (Fsp3) is 0.0312. The minimum atomic E-state index is -0.506. The molecular formula is C64H44N2O5. The van der Waals surface area contributed by atoms with Crippen LogP contribution in [-0.4, -0.2) is 11.9 Å². The van der Waals surface area contributed by atoms with Crippen LogP contribution >= 0.6 is 0 Å². The summed E-state index contributed by atoms with van der Waals surface area (Å²) in [4.78, 5) is 28.5.